The Balaban J connectivity index is 1.68. The Morgan fingerprint density at radius 3 is 2.39 bits per heavy atom. The fraction of sp³-hybridized carbons (Fsp3) is 0.636. The van der Waals surface area contributed by atoms with Crippen LogP contribution in [0.5, 0.6) is 0 Å². The highest BCUT2D eigenvalue weighted by molar-refractivity contribution is 6.62. The molecular weight excluding hydrogens is 402 g/mol. The molecule has 0 radical (unpaired) electrons. The third-order valence-corrected chi connectivity index (χ3v) is 5.95. The predicted octanol–water partition coefficient (Wildman–Crippen LogP) is 2.86. The highest BCUT2D eigenvalue weighted by Gasteiger charge is 2.52. The molecule has 3 rings (SSSR count). The monoisotopic (exact) mass is 434 g/mol. The lowest BCUT2D eigenvalue weighted by atomic mass is 9.78. The molecule has 2 heterocycles. The highest BCUT2D eigenvalue weighted by Crippen LogP contribution is 2.36. The molecule has 1 atom stereocenters. The van der Waals surface area contributed by atoms with E-state index in [1.807, 2.05) is 27.7 Å². The average Bonchev–Trinajstić information content (AvgIpc) is 3.14. The van der Waals surface area contributed by atoms with Crippen LogP contribution in [0.25, 0.3) is 0 Å². The first-order chi connectivity index (χ1) is 14.2. The van der Waals surface area contributed by atoms with Crippen molar-refractivity contribution >= 4 is 24.6 Å². The number of hydrogen-bond donors (Lipinski definition) is 1. The molecule has 0 bridgehead atoms. The van der Waals surface area contributed by atoms with Gasteiger partial charge in [0.05, 0.1) is 17.2 Å². The van der Waals surface area contributed by atoms with E-state index in [0.717, 1.165) is 0 Å². The van der Waals surface area contributed by atoms with Crippen LogP contribution in [0.4, 0.5) is 9.18 Å². The number of nitrogens with one attached hydrogen (secondary N) is 1. The largest absolute Gasteiger partial charge is 0.497 e. The number of carbonyl (C=O) groups is 2. The second kappa shape index (κ2) is 8.09. The van der Waals surface area contributed by atoms with E-state index in [-0.39, 0.29) is 17.4 Å². The molecule has 1 aromatic carbocycles. The number of benzene rings is 1. The Labute approximate surface area is 183 Å². The van der Waals surface area contributed by atoms with Crippen LogP contribution in [0.1, 0.15) is 65.2 Å². The van der Waals surface area contributed by atoms with Gasteiger partial charge < -0.3 is 24.3 Å². The second-order valence-electron chi connectivity index (χ2n) is 10.2. The molecular formula is C22H32BFN2O5. The van der Waals surface area contributed by atoms with E-state index < -0.39 is 35.8 Å². The highest BCUT2D eigenvalue weighted by atomic mass is 19.1. The second-order valence-corrected chi connectivity index (χ2v) is 10.2. The van der Waals surface area contributed by atoms with Gasteiger partial charge in [-0.25, -0.2) is 9.18 Å². The molecule has 2 saturated heterocycles. The number of nitrogens with zero attached hydrogens (tertiary/aromatic N) is 1. The summed E-state index contributed by atoms with van der Waals surface area (Å²) >= 11 is 0. The summed E-state index contributed by atoms with van der Waals surface area (Å²) in [4.78, 5) is 26.6. The SMILES string of the molecule is CC(C)(C)OC(=O)N[C@H]1CCN(C(=O)c2ccc(F)c(B3OC(C)(C)C(C)(C)O3)c2)C1. The number of likely N-dealkylation sites (tertiary alicyclic amines) is 1. The minimum absolute atomic E-state index is 0.193. The van der Waals surface area contributed by atoms with E-state index in [4.69, 9.17) is 14.0 Å². The first-order valence-electron chi connectivity index (χ1n) is 10.6. The number of amides is 2. The summed E-state index contributed by atoms with van der Waals surface area (Å²) in [5.41, 5.74) is -1.26. The van der Waals surface area contributed by atoms with Gasteiger partial charge in [0.2, 0.25) is 0 Å². The quantitative estimate of drug-likeness (QED) is 0.741. The normalized spacial score (nSPS) is 22.5. The first-order valence-corrected chi connectivity index (χ1v) is 10.6. The van der Waals surface area contributed by atoms with Gasteiger partial charge in [0.25, 0.3) is 5.91 Å². The summed E-state index contributed by atoms with van der Waals surface area (Å²) < 4.78 is 31.7. The van der Waals surface area contributed by atoms with Gasteiger partial charge in [-0.05, 0) is 73.1 Å². The summed E-state index contributed by atoms with van der Waals surface area (Å²) in [6, 6.07) is 4.03. The van der Waals surface area contributed by atoms with Crippen molar-refractivity contribution in [3.8, 4) is 0 Å². The van der Waals surface area contributed by atoms with Crippen molar-refractivity contribution in [3.05, 3.63) is 29.6 Å². The zero-order valence-corrected chi connectivity index (χ0v) is 19.4. The van der Waals surface area contributed by atoms with Crippen molar-refractivity contribution in [2.24, 2.45) is 0 Å². The van der Waals surface area contributed by atoms with Gasteiger partial charge in [0, 0.05) is 24.1 Å². The minimum atomic E-state index is -0.891. The summed E-state index contributed by atoms with van der Waals surface area (Å²) in [6.45, 7) is 13.8. The Bertz CT molecular complexity index is 852. The molecule has 2 amide bonds. The lowest BCUT2D eigenvalue weighted by Gasteiger charge is -2.32. The Morgan fingerprint density at radius 2 is 1.81 bits per heavy atom. The molecule has 1 N–H and O–H groups in total. The predicted molar refractivity (Wildman–Crippen MR) is 116 cm³/mol. The summed E-state index contributed by atoms with van der Waals surface area (Å²) in [6.07, 6.45) is 0.118. The molecule has 0 aliphatic carbocycles. The van der Waals surface area contributed by atoms with Crippen LogP contribution < -0.4 is 10.8 Å². The zero-order chi connectivity index (χ0) is 23.2. The molecule has 2 aliphatic rings. The van der Waals surface area contributed by atoms with Crippen LogP contribution in [0.15, 0.2) is 18.2 Å². The maximum atomic E-state index is 14.6. The van der Waals surface area contributed by atoms with Crippen molar-refractivity contribution in [1.29, 1.82) is 0 Å². The molecule has 2 fully saturated rings. The Kier molecular flexibility index (Phi) is 6.14. The van der Waals surface area contributed by atoms with Crippen molar-refractivity contribution < 1.29 is 28.0 Å². The Hall–Kier alpha value is -2.13. The van der Waals surface area contributed by atoms with Gasteiger partial charge in [0.15, 0.2) is 0 Å². The number of alkyl carbamates (subject to hydrolysis) is 1. The molecule has 0 saturated carbocycles. The maximum Gasteiger partial charge on any atom is 0.497 e. The van der Waals surface area contributed by atoms with E-state index >= 15 is 0 Å². The van der Waals surface area contributed by atoms with E-state index in [1.54, 1.807) is 25.7 Å². The summed E-state index contributed by atoms with van der Waals surface area (Å²) in [5, 5.41) is 2.80. The van der Waals surface area contributed by atoms with Gasteiger partial charge in [0.1, 0.15) is 11.4 Å². The van der Waals surface area contributed by atoms with Gasteiger partial charge in [-0.3, -0.25) is 4.79 Å². The van der Waals surface area contributed by atoms with E-state index in [1.165, 1.54) is 18.2 Å². The standard InChI is InChI=1S/C22H32BFN2O5/c1-20(2,3)29-19(28)25-15-10-11-26(13-15)18(27)14-8-9-17(24)16(12-14)23-30-21(4,5)22(6,7)31-23/h8-9,12,15H,10-11,13H2,1-7H3,(H,25,28)/t15-/m0/s1. The minimum Gasteiger partial charge on any atom is -0.444 e. The first kappa shape index (κ1) is 23.5. The molecule has 0 spiro atoms. The van der Waals surface area contributed by atoms with Crippen molar-refractivity contribution in [3.63, 3.8) is 0 Å². The molecule has 9 heteroatoms. The van der Waals surface area contributed by atoms with Crippen LogP contribution in [-0.4, -0.2) is 60.0 Å². The smallest absolute Gasteiger partial charge is 0.444 e. The zero-order valence-electron chi connectivity index (χ0n) is 19.4. The van der Waals surface area contributed by atoms with Crippen LogP contribution in [0, 0.1) is 5.82 Å². The molecule has 170 valence electrons. The van der Waals surface area contributed by atoms with Gasteiger partial charge >= 0.3 is 13.2 Å². The number of ether oxygens (including phenoxy) is 1. The van der Waals surface area contributed by atoms with Crippen LogP contribution >= 0.6 is 0 Å². The van der Waals surface area contributed by atoms with Gasteiger partial charge in [-0.1, -0.05) is 0 Å². The molecule has 7 nitrogen and oxygen atoms in total. The lowest BCUT2D eigenvalue weighted by Crippen LogP contribution is -2.41. The van der Waals surface area contributed by atoms with Crippen LogP contribution in [-0.2, 0) is 14.0 Å². The molecule has 1 aromatic rings. The fourth-order valence-corrected chi connectivity index (χ4v) is 3.55. The number of hydrogen-bond acceptors (Lipinski definition) is 5. The maximum absolute atomic E-state index is 14.6. The third-order valence-electron chi connectivity index (χ3n) is 5.95. The molecule has 2 aliphatic heterocycles. The fourth-order valence-electron chi connectivity index (χ4n) is 3.55. The Morgan fingerprint density at radius 1 is 1.19 bits per heavy atom. The summed E-state index contributed by atoms with van der Waals surface area (Å²) in [5.74, 6) is -0.716. The lowest BCUT2D eigenvalue weighted by molar-refractivity contribution is 0.00578. The third kappa shape index (κ3) is 5.21. The topological polar surface area (TPSA) is 77.1 Å². The van der Waals surface area contributed by atoms with Gasteiger partial charge in [-0.15, -0.1) is 0 Å². The molecule has 31 heavy (non-hydrogen) atoms. The van der Waals surface area contributed by atoms with Crippen LogP contribution in [0.2, 0.25) is 0 Å². The molecule has 0 aromatic heterocycles. The van der Waals surface area contributed by atoms with Gasteiger partial charge in [-0.2, -0.15) is 0 Å². The van der Waals surface area contributed by atoms with E-state index in [2.05, 4.69) is 5.32 Å². The van der Waals surface area contributed by atoms with Crippen molar-refractivity contribution in [1.82, 2.24) is 10.2 Å². The number of halogens is 1. The van der Waals surface area contributed by atoms with E-state index in [9.17, 15) is 14.0 Å². The number of carbonyl (C=O) groups excluding carboxylic acids is 2. The average molecular weight is 434 g/mol. The summed E-state index contributed by atoms with van der Waals surface area (Å²) in [7, 11) is -0.891. The van der Waals surface area contributed by atoms with Crippen molar-refractivity contribution in [2.45, 2.75) is 77.7 Å². The number of rotatable bonds is 3. The van der Waals surface area contributed by atoms with Crippen molar-refractivity contribution in [2.75, 3.05) is 13.1 Å². The van der Waals surface area contributed by atoms with E-state index in [0.29, 0.717) is 25.1 Å². The molecule has 0 unspecified atom stereocenters. The van der Waals surface area contributed by atoms with Crippen LogP contribution in [0.3, 0.4) is 0 Å².